The summed E-state index contributed by atoms with van der Waals surface area (Å²) in [6.45, 7) is 8.49. The number of rotatable bonds is 4. The molecular formula is C27H30N6O2. The van der Waals surface area contributed by atoms with Crippen LogP contribution in [0.15, 0.2) is 73.2 Å². The van der Waals surface area contributed by atoms with Crippen molar-refractivity contribution < 1.29 is 9.53 Å². The van der Waals surface area contributed by atoms with Gasteiger partial charge in [0.1, 0.15) is 5.60 Å². The Kier molecular flexibility index (Phi) is 6.03. The van der Waals surface area contributed by atoms with E-state index in [0.29, 0.717) is 18.9 Å². The van der Waals surface area contributed by atoms with Crippen molar-refractivity contribution >= 4 is 28.9 Å². The standard InChI is InChI=1S/C27H30N6O2/c1-27(2,3)35-26(34)32-17-15-31(16-18-32)22-11-9-21(10-12-22)30-24-25-28-13-14-33(25)23(19-29-24)20-7-5-4-6-8-20/h4-14,19H,15-18H2,1-3H3,(H,29,30). The fourth-order valence-electron chi connectivity index (χ4n) is 4.20. The Morgan fingerprint density at radius 1 is 0.943 bits per heavy atom. The maximum absolute atomic E-state index is 12.3. The molecule has 5 rings (SSSR count). The smallest absolute Gasteiger partial charge is 0.410 e. The predicted molar refractivity (Wildman–Crippen MR) is 138 cm³/mol. The summed E-state index contributed by atoms with van der Waals surface area (Å²) in [7, 11) is 0. The molecule has 0 spiro atoms. The van der Waals surface area contributed by atoms with Gasteiger partial charge in [0.05, 0.1) is 11.9 Å². The first-order valence-electron chi connectivity index (χ1n) is 11.8. The molecule has 1 amide bonds. The molecular weight excluding hydrogens is 440 g/mol. The molecule has 1 fully saturated rings. The highest BCUT2D eigenvalue weighted by atomic mass is 16.6. The van der Waals surface area contributed by atoms with Gasteiger partial charge in [0.25, 0.3) is 0 Å². The molecule has 8 nitrogen and oxygen atoms in total. The second kappa shape index (κ2) is 9.29. The summed E-state index contributed by atoms with van der Waals surface area (Å²) in [5, 5.41) is 3.40. The van der Waals surface area contributed by atoms with Crippen molar-refractivity contribution in [2.75, 3.05) is 36.4 Å². The fraction of sp³-hybridized carbons (Fsp3) is 0.296. The number of ether oxygens (including phenoxy) is 1. The minimum atomic E-state index is -0.476. The molecule has 2 aromatic carbocycles. The third-order valence-corrected chi connectivity index (χ3v) is 5.92. The summed E-state index contributed by atoms with van der Waals surface area (Å²) in [5.74, 6) is 0.702. The third-order valence-electron chi connectivity index (χ3n) is 5.92. The summed E-state index contributed by atoms with van der Waals surface area (Å²) in [6, 6.07) is 18.4. The van der Waals surface area contributed by atoms with E-state index in [1.54, 1.807) is 11.1 Å². The van der Waals surface area contributed by atoms with Crippen molar-refractivity contribution in [3.63, 3.8) is 0 Å². The van der Waals surface area contributed by atoms with Crippen LogP contribution in [-0.4, -0.2) is 57.1 Å². The number of nitrogens with zero attached hydrogens (tertiary/aromatic N) is 5. The van der Waals surface area contributed by atoms with E-state index in [1.165, 1.54) is 0 Å². The number of fused-ring (bicyclic) bond motifs is 1. The molecule has 0 atom stereocenters. The molecule has 3 heterocycles. The number of hydrogen-bond acceptors (Lipinski definition) is 6. The van der Waals surface area contributed by atoms with Crippen molar-refractivity contribution in [3.8, 4) is 11.3 Å². The minimum absolute atomic E-state index is 0.243. The number of benzene rings is 2. The summed E-state index contributed by atoms with van der Waals surface area (Å²) < 4.78 is 7.54. The topological polar surface area (TPSA) is 75.0 Å². The van der Waals surface area contributed by atoms with Gasteiger partial charge in [-0.25, -0.2) is 14.8 Å². The van der Waals surface area contributed by atoms with Crippen LogP contribution in [0, 0.1) is 0 Å². The van der Waals surface area contributed by atoms with E-state index in [1.807, 2.05) is 67.9 Å². The van der Waals surface area contributed by atoms with Crippen molar-refractivity contribution in [2.24, 2.45) is 0 Å². The Bertz CT molecular complexity index is 1300. The maximum Gasteiger partial charge on any atom is 0.410 e. The third kappa shape index (κ3) is 5.06. The van der Waals surface area contributed by atoms with E-state index in [-0.39, 0.29) is 6.09 Å². The number of amides is 1. The average Bonchev–Trinajstić information content (AvgIpc) is 3.35. The molecule has 1 aliphatic heterocycles. The van der Waals surface area contributed by atoms with Gasteiger partial charge >= 0.3 is 6.09 Å². The maximum atomic E-state index is 12.3. The van der Waals surface area contributed by atoms with Crippen LogP contribution in [-0.2, 0) is 4.74 Å². The highest BCUT2D eigenvalue weighted by molar-refractivity contribution is 5.74. The van der Waals surface area contributed by atoms with Crippen LogP contribution in [0.2, 0.25) is 0 Å². The largest absolute Gasteiger partial charge is 0.444 e. The van der Waals surface area contributed by atoms with Crippen LogP contribution in [0.4, 0.5) is 22.0 Å². The molecule has 4 aromatic rings. The van der Waals surface area contributed by atoms with Crippen molar-refractivity contribution in [1.82, 2.24) is 19.3 Å². The van der Waals surface area contributed by atoms with Gasteiger partial charge in [0.2, 0.25) is 0 Å². The lowest BCUT2D eigenvalue weighted by molar-refractivity contribution is 0.0240. The van der Waals surface area contributed by atoms with Crippen molar-refractivity contribution in [2.45, 2.75) is 26.4 Å². The fourth-order valence-corrected chi connectivity index (χ4v) is 4.20. The van der Waals surface area contributed by atoms with Gasteiger partial charge in [0.15, 0.2) is 11.5 Å². The summed E-state index contributed by atoms with van der Waals surface area (Å²) in [4.78, 5) is 25.6. The summed E-state index contributed by atoms with van der Waals surface area (Å²) >= 11 is 0. The quantitative estimate of drug-likeness (QED) is 0.442. The Balaban J connectivity index is 1.25. The molecule has 1 N–H and O–H groups in total. The molecule has 0 aliphatic carbocycles. The molecule has 0 bridgehead atoms. The minimum Gasteiger partial charge on any atom is -0.444 e. The van der Waals surface area contributed by atoms with E-state index >= 15 is 0 Å². The van der Waals surface area contributed by atoms with Crippen LogP contribution in [0.1, 0.15) is 20.8 Å². The Hall–Kier alpha value is -4.07. The van der Waals surface area contributed by atoms with E-state index in [4.69, 9.17) is 4.74 Å². The highest BCUT2D eigenvalue weighted by Crippen LogP contribution is 2.26. The molecule has 0 unspecified atom stereocenters. The van der Waals surface area contributed by atoms with Crippen LogP contribution < -0.4 is 10.2 Å². The number of carbonyl (C=O) groups excluding carboxylic acids is 1. The zero-order chi connectivity index (χ0) is 24.4. The lowest BCUT2D eigenvalue weighted by Gasteiger charge is -2.36. The van der Waals surface area contributed by atoms with Crippen molar-refractivity contribution in [1.29, 1.82) is 0 Å². The van der Waals surface area contributed by atoms with Crippen LogP contribution in [0.5, 0.6) is 0 Å². The van der Waals surface area contributed by atoms with Crippen LogP contribution >= 0.6 is 0 Å². The lowest BCUT2D eigenvalue weighted by atomic mass is 10.1. The summed E-state index contributed by atoms with van der Waals surface area (Å²) in [6.07, 6.45) is 5.36. The molecule has 180 valence electrons. The second-order valence-corrected chi connectivity index (χ2v) is 9.61. The molecule has 0 radical (unpaired) electrons. The zero-order valence-corrected chi connectivity index (χ0v) is 20.3. The average molecular weight is 471 g/mol. The van der Waals surface area contributed by atoms with Gasteiger partial charge < -0.3 is 19.9 Å². The van der Waals surface area contributed by atoms with Gasteiger partial charge in [-0.15, -0.1) is 0 Å². The van der Waals surface area contributed by atoms with Gasteiger partial charge in [-0.05, 0) is 45.0 Å². The number of nitrogens with one attached hydrogen (secondary N) is 1. The first-order chi connectivity index (χ1) is 16.9. The van der Waals surface area contributed by atoms with E-state index in [9.17, 15) is 4.79 Å². The number of hydrogen-bond donors (Lipinski definition) is 1. The zero-order valence-electron chi connectivity index (χ0n) is 20.3. The van der Waals surface area contributed by atoms with Crippen molar-refractivity contribution in [3.05, 3.63) is 73.2 Å². The predicted octanol–water partition coefficient (Wildman–Crippen LogP) is 5.20. The molecule has 1 saturated heterocycles. The normalized spacial score (nSPS) is 14.3. The monoisotopic (exact) mass is 470 g/mol. The van der Waals surface area contributed by atoms with E-state index < -0.39 is 5.60 Å². The first kappa shape index (κ1) is 22.7. The summed E-state index contributed by atoms with van der Waals surface area (Å²) in [5.41, 5.74) is 4.43. The number of anilines is 3. The Morgan fingerprint density at radius 2 is 1.66 bits per heavy atom. The lowest BCUT2D eigenvalue weighted by Crippen LogP contribution is -2.50. The number of carbonyl (C=O) groups is 1. The number of aromatic nitrogens is 3. The van der Waals surface area contributed by atoms with Gasteiger partial charge in [0, 0.05) is 55.5 Å². The number of imidazole rings is 1. The molecule has 35 heavy (non-hydrogen) atoms. The van der Waals surface area contributed by atoms with Gasteiger partial charge in [-0.3, -0.25) is 4.40 Å². The molecule has 2 aromatic heterocycles. The molecule has 1 aliphatic rings. The van der Waals surface area contributed by atoms with Gasteiger partial charge in [-0.1, -0.05) is 30.3 Å². The van der Waals surface area contributed by atoms with Crippen LogP contribution in [0.3, 0.4) is 0 Å². The second-order valence-electron chi connectivity index (χ2n) is 9.61. The van der Waals surface area contributed by atoms with Gasteiger partial charge in [-0.2, -0.15) is 0 Å². The highest BCUT2D eigenvalue weighted by Gasteiger charge is 2.26. The van der Waals surface area contributed by atoms with E-state index in [2.05, 4.69) is 44.5 Å². The Labute approximate surface area is 205 Å². The first-order valence-corrected chi connectivity index (χ1v) is 11.8. The Morgan fingerprint density at radius 3 is 2.34 bits per heavy atom. The molecule has 0 saturated carbocycles. The SMILES string of the molecule is CC(C)(C)OC(=O)N1CCN(c2ccc(Nc3ncc(-c4ccccc4)n4ccnc34)cc2)CC1. The van der Waals surface area contributed by atoms with Crippen LogP contribution in [0.25, 0.3) is 16.9 Å². The molecule has 8 heteroatoms. The van der Waals surface area contributed by atoms with E-state index in [0.717, 1.165) is 41.4 Å². The number of piperazine rings is 1.